The van der Waals surface area contributed by atoms with E-state index in [0.29, 0.717) is 0 Å². The van der Waals surface area contributed by atoms with Crippen molar-refractivity contribution in [3.8, 4) is 0 Å². The van der Waals surface area contributed by atoms with E-state index in [1.165, 1.54) is 11.3 Å². The summed E-state index contributed by atoms with van der Waals surface area (Å²) in [7, 11) is 2.02. The van der Waals surface area contributed by atoms with Crippen LogP contribution in [-0.2, 0) is 32.9 Å². The number of hydrogen-bond acceptors (Lipinski definition) is 2. The lowest BCUT2D eigenvalue weighted by Gasteiger charge is -2.09. The molecule has 2 heterocycles. The maximum atomic E-state index is 6.34. The number of rotatable bonds is 6. The second-order valence-corrected chi connectivity index (χ2v) is 5.71. The van der Waals surface area contributed by atoms with E-state index in [1.54, 1.807) is 0 Å². The van der Waals surface area contributed by atoms with Gasteiger partial charge in [-0.15, -0.1) is 11.6 Å². The van der Waals surface area contributed by atoms with E-state index in [-0.39, 0.29) is 5.38 Å². The van der Waals surface area contributed by atoms with Crippen LogP contribution in [0.4, 0.5) is 0 Å². The third-order valence-corrected chi connectivity index (χ3v) is 3.93. The number of alkyl halides is 1. The Kier molecular flexibility index (Phi) is 4.86. The quantitative estimate of drug-likeness (QED) is 0.767. The molecule has 0 saturated carbocycles. The Morgan fingerprint density at radius 2 is 2.05 bits per heavy atom. The minimum absolute atomic E-state index is 0.0156. The van der Waals surface area contributed by atoms with E-state index in [1.807, 2.05) is 26.4 Å². The van der Waals surface area contributed by atoms with Crippen molar-refractivity contribution in [2.45, 2.75) is 52.0 Å². The zero-order chi connectivity index (χ0) is 14.7. The van der Waals surface area contributed by atoms with Gasteiger partial charge in [0, 0.05) is 43.7 Å². The molecule has 0 aliphatic rings. The van der Waals surface area contributed by atoms with Crippen molar-refractivity contribution in [2.24, 2.45) is 7.05 Å². The Labute approximate surface area is 125 Å². The van der Waals surface area contributed by atoms with Crippen LogP contribution in [0.25, 0.3) is 0 Å². The Balaban J connectivity index is 2.25. The molecule has 0 N–H and O–H groups in total. The molecule has 0 saturated heterocycles. The van der Waals surface area contributed by atoms with Gasteiger partial charge in [-0.25, -0.2) is 4.98 Å². The van der Waals surface area contributed by atoms with Gasteiger partial charge >= 0.3 is 0 Å². The zero-order valence-electron chi connectivity index (χ0n) is 12.7. The number of halogens is 1. The SMILES string of the molecule is CCc1nn(CCc2nccn2C)c(CC)c1C(C)Cl. The van der Waals surface area contributed by atoms with E-state index >= 15 is 0 Å². The molecule has 5 heteroatoms. The molecule has 110 valence electrons. The summed E-state index contributed by atoms with van der Waals surface area (Å²) in [6, 6.07) is 0. The molecule has 1 atom stereocenters. The molecule has 0 amide bonds. The normalized spacial score (nSPS) is 12.8. The van der Waals surface area contributed by atoms with Crippen molar-refractivity contribution < 1.29 is 0 Å². The van der Waals surface area contributed by atoms with Gasteiger partial charge in [-0.05, 0) is 19.8 Å². The second-order valence-electron chi connectivity index (χ2n) is 5.06. The standard InChI is InChI=1S/C15H23ClN4/c1-5-12-15(11(3)16)13(6-2)20(18-12)9-7-14-17-8-10-19(14)4/h8,10-11H,5-7,9H2,1-4H3. The van der Waals surface area contributed by atoms with Crippen molar-refractivity contribution in [3.63, 3.8) is 0 Å². The second kappa shape index (κ2) is 6.44. The Bertz CT molecular complexity index is 568. The number of hydrogen-bond donors (Lipinski definition) is 0. The van der Waals surface area contributed by atoms with Crippen LogP contribution in [0.5, 0.6) is 0 Å². The molecule has 0 bridgehead atoms. The highest BCUT2D eigenvalue weighted by atomic mass is 35.5. The lowest BCUT2D eigenvalue weighted by molar-refractivity contribution is 0.561. The molecule has 0 fully saturated rings. The summed E-state index contributed by atoms with van der Waals surface area (Å²) in [6.07, 6.45) is 6.58. The molecule has 1 unspecified atom stereocenters. The summed E-state index contributed by atoms with van der Waals surface area (Å²) in [4.78, 5) is 4.37. The molecule has 0 spiro atoms. The van der Waals surface area contributed by atoms with Gasteiger partial charge in [0.25, 0.3) is 0 Å². The van der Waals surface area contributed by atoms with Crippen molar-refractivity contribution in [1.29, 1.82) is 0 Å². The topological polar surface area (TPSA) is 35.6 Å². The van der Waals surface area contributed by atoms with Gasteiger partial charge in [-0.2, -0.15) is 5.10 Å². The fourth-order valence-corrected chi connectivity index (χ4v) is 2.94. The lowest BCUT2D eigenvalue weighted by atomic mass is 10.1. The molecule has 0 aromatic carbocycles. The molecule has 2 aromatic heterocycles. The van der Waals surface area contributed by atoms with Crippen LogP contribution in [0.3, 0.4) is 0 Å². The van der Waals surface area contributed by atoms with Gasteiger partial charge < -0.3 is 4.57 Å². The van der Waals surface area contributed by atoms with Crippen molar-refractivity contribution in [1.82, 2.24) is 19.3 Å². The van der Waals surface area contributed by atoms with Crippen molar-refractivity contribution >= 4 is 11.6 Å². The van der Waals surface area contributed by atoms with Crippen LogP contribution in [0, 0.1) is 0 Å². The van der Waals surface area contributed by atoms with Gasteiger partial charge in [0.05, 0.1) is 11.1 Å². The highest BCUT2D eigenvalue weighted by Crippen LogP contribution is 2.28. The fourth-order valence-electron chi connectivity index (χ4n) is 2.69. The average molecular weight is 295 g/mol. The smallest absolute Gasteiger partial charge is 0.110 e. The summed E-state index contributed by atoms with van der Waals surface area (Å²) in [5, 5.41) is 4.76. The van der Waals surface area contributed by atoms with Crippen molar-refractivity contribution in [3.05, 3.63) is 35.2 Å². The first-order valence-electron chi connectivity index (χ1n) is 7.27. The van der Waals surface area contributed by atoms with Crippen LogP contribution in [0.1, 0.15) is 48.9 Å². The number of nitrogens with zero attached hydrogens (tertiary/aromatic N) is 4. The third kappa shape index (κ3) is 2.90. The fraction of sp³-hybridized carbons (Fsp3) is 0.600. The van der Waals surface area contributed by atoms with Crippen LogP contribution < -0.4 is 0 Å². The lowest BCUT2D eigenvalue weighted by Crippen LogP contribution is -2.10. The monoisotopic (exact) mass is 294 g/mol. The largest absolute Gasteiger partial charge is 0.338 e. The Morgan fingerprint density at radius 3 is 2.55 bits per heavy atom. The summed E-state index contributed by atoms with van der Waals surface area (Å²) in [5.41, 5.74) is 3.61. The van der Waals surface area contributed by atoms with Crippen LogP contribution in [0.15, 0.2) is 12.4 Å². The summed E-state index contributed by atoms with van der Waals surface area (Å²) < 4.78 is 4.17. The molecule has 2 rings (SSSR count). The highest BCUT2D eigenvalue weighted by molar-refractivity contribution is 6.20. The summed E-state index contributed by atoms with van der Waals surface area (Å²) in [6.45, 7) is 7.18. The molecule has 2 aromatic rings. The van der Waals surface area contributed by atoms with Crippen LogP contribution >= 0.6 is 11.6 Å². The van der Waals surface area contributed by atoms with Gasteiger partial charge in [0.1, 0.15) is 5.82 Å². The van der Waals surface area contributed by atoms with E-state index in [9.17, 15) is 0 Å². The average Bonchev–Trinajstić information content (AvgIpc) is 2.99. The first kappa shape index (κ1) is 15.1. The molecule has 0 aliphatic carbocycles. The van der Waals surface area contributed by atoms with Crippen molar-refractivity contribution in [2.75, 3.05) is 0 Å². The van der Waals surface area contributed by atoms with Crippen LogP contribution in [-0.4, -0.2) is 19.3 Å². The molecule has 4 nitrogen and oxygen atoms in total. The van der Waals surface area contributed by atoms with E-state index < -0.39 is 0 Å². The van der Waals surface area contributed by atoms with Gasteiger partial charge in [-0.3, -0.25) is 4.68 Å². The number of imidazole rings is 1. The maximum absolute atomic E-state index is 6.34. The van der Waals surface area contributed by atoms with E-state index in [4.69, 9.17) is 16.7 Å². The number of aryl methyl sites for hydroxylation is 4. The van der Waals surface area contributed by atoms with Gasteiger partial charge in [0.15, 0.2) is 0 Å². The van der Waals surface area contributed by atoms with Gasteiger partial charge in [0.2, 0.25) is 0 Å². The first-order chi connectivity index (χ1) is 9.58. The predicted octanol–water partition coefficient (Wildman–Crippen LogP) is 3.28. The van der Waals surface area contributed by atoms with Gasteiger partial charge in [-0.1, -0.05) is 13.8 Å². The maximum Gasteiger partial charge on any atom is 0.110 e. The minimum atomic E-state index is 0.0156. The summed E-state index contributed by atoms with van der Waals surface area (Å²) >= 11 is 6.34. The van der Waals surface area contributed by atoms with E-state index in [0.717, 1.165) is 37.3 Å². The Hall–Kier alpha value is -1.29. The molecular formula is C15H23ClN4. The number of aromatic nitrogens is 4. The third-order valence-electron chi connectivity index (χ3n) is 3.71. The highest BCUT2D eigenvalue weighted by Gasteiger charge is 2.19. The van der Waals surface area contributed by atoms with E-state index in [2.05, 4.69) is 28.1 Å². The zero-order valence-corrected chi connectivity index (χ0v) is 13.5. The molecule has 0 radical (unpaired) electrons. The molecular weight excluding hydrogens is 272 g/mol. The minimum Gasteiger partial charge on any atom is -0.338 e. The van der Waals surface area contributed by atoms with Crippen LogP contribution in [0.2, 0.25) is 0 Å². The summed E-state index contributed by atoms with van der Waals surface area (Å²) in [5.74, 6) is 1.08. The Morgan fingerprint density at radius 1 is 1.30 bits per heavy atom. The predicted molar refractivity (Wildman–Crippen MR) is 82.2 cm³/mol. The molecule has 0 aliphatic heterocycles. The first-order valence-corrected chi connectivity index (χ1v) is 7.70. The molecule has 20 heavy (non-hydrogen) atoms.